The lowest BCUT2D eigenvalue weighted by atomic mass is 9.71. The lowest BCUT2D eigenvalue weighted by Crippen LogP contribution is -2.43. The number of hydrogen-bond acceptors (Lipinski definition) is 7. The molecule has 4 aromatic carbocycles. The molecule has 0 radical (unpaired) electrons. The molecule has 4 aliphatic heterocycles. The maximum Gasteiger partial charge on any atom is 0.312 e. The first-order valence-corrected chi connectivity index (χ1v) is 17.9. The van der Waals surface area contributed by atoms with Gasteiger partial charge in [-0.3, -0.25) is 0 Å². The van der Waals surface area contributed by atoms with Gasteiger partial charge in [0.15, 0.2) is 0 Å². The summed E-state index contributed by atoms with van der Waals surface area (Å²) in [6, 6.07) is 29.5. The van der Waals surface area contributed by atoms with Gasteiger partial charge in [-0.05, 0) is 113 Å². The van der Waals surface area contributed by atoms with Crippen LogP contribution in [-0.2, 0) is 40.0 Å². The fourth-order valence-electron chi connectivity index (χ4n) is 9.10. The second-order valence-electron chi connectivity index (χ2n) is 14.7. The van der Waals surface area contributed by atoms with E-state index in [2.05, 4.69) is 54.6 Å². The molecule has 7 heteroatoms. The molecule has 1 saturated carbocycles. The van der Waals surface area contributed by atoms with E-state index in [0.29, 0.717) is 12.2 Å². The van der Waals surface area contributed by atoms with Crippen molar-refractivity contribution < 1.29 is 33.2 Å². The molecule has 2 unspecified atom stereocenters. The highest BCUT2D eigenvalue weighted by Gasteiger charge is 2.56. The minimum atomic E-state index is -1.13. The molecule has 0 aromatic heterocycles. The average molecular weight is 681 g/mol. The fourth-order valence-corrected chi connectivity index (χ4v) is 9.10. The van der Waals surface area contributed by atoms with Gasteiger partial charge in [-0.2, -0.15) is 0 Å². The van der Waals surface area contributed by atoms with Crippen LogP contribution in [0, 0.1) is 0 Å². The molecule has 2 atom stereocenters. The number of para-hydroxylation sites is 1. The maximum absolute atomic E-state index is 6.84. The van der Waals surface area contributed by atoms with Gasteiger partial charge < -0.3 is 33.2 Å². The predicted molar refractivity (Wildman–Crippen MR) is 190 cm³/mol. The predicted octanol–water partition coefficient (Wildman–Crippen LogP) is 10.8. The highest BCUT2D eigenvalue weighted by atomic mass is 16.7. The van der Waals surface area contributed by atoms with Gasteiger partial charge in [0.2, 0.25) is 0 Å². The van der Waals surface area contributed by atoms with Crippen LogP contribution in [0.2, 0.25) is 0 Å². The second kappa shape index (κ2) is 10.4. The van der Waals surface area contributed by atoms with E-state index < -0.39 is 17.4 Å². The van der Waals surface area contributed by atoms with E-state index in [1.165, 1.54) is 5.56 Å². The molecule has 0 amide bonds. The van der Waals surface area contributed by atoms with Crippen LogP contribution in [0.5, 0.6) is 11.5 Å². The average Bonchev–Trinajstić information content (AvgIpc) is 3.79. The second-order valence-corrected chi connectivity index (χ2v) is 14.7. The SMILES string of the molecule is CC1=C(C)OC2(O1)c1ccccc1Oc1ccc(C3CCC(c4ccc5c(c4)C4(OC(C)=C(C)O4)c4ccccc4-5)CC34OC(C)=C(C)O4)cc12. The first-order valence-electron chi connectivity index (χ1n) is 17.9. The van der Waals surface area contributed by atoms with Crippen molar-refractivity contribution in [1.29, 1.82) is 0 Å². The Balaban J connectivity index is 1.03. The van der Waals surface area contributed by atoms with E-state index in [-0.39, 0.29) is 11.8 Å². The van der Waals surface area contributed by atoms with Crippen LogP contribution in [0.25, 0.3) is 11.1 Å². The molecule has 4 heterocycles. The Bertz CT molecular complexity index is 2230. The molecule has 6 aliphatic rings. The van der Waals surface area contributed by atoms with Crippen molar-refractivity contribution in [2.75, 3.05) is 0 Å². The monoisotopic (exact) mass is 680 g/mol. The third-order valence-electron chi connectivity index (χ3n) is 11.9. The third-order valence-corrected chi connectivity index (χ3v) is 11.9. The van der Waals surface area contributed by atoms with Crippen molar-refractivity contribution in [2.45, 2.75) is 90.0 Å². The van der Waals surface area contributed by atoms with Crippen LogP contribution < -0.4 is 4.74 Å². The first kappa shape index (κ1) is 30.5. The largest absolute Gasteiger partial charge is 0.456 e. The Morgan fingerprint density at radius 2 is 1.00 bits per heavy atom. The van der Waals surface area contributed by atoms with Crippen LogP contribution in [0.3, 0.4) is 0 Å². The molecule has 0 bridgehead atoms. The zero-order valence-corrected chi connectivity index (χ0v) is 29.7. The molecular weight excluding hydrogens is 640 g/mol. The minimum absolute atomic E-state index is 0.0572. The van der Waals surface area contributed by atoms with Crippen molar-refractivity contribution in [2.24, 2.45) is 0 Å². The molecule has 2 aliphatic carbocycles. The van der Waals surface area contributed by atoms with Gasteiger partial charge in [0.25, 0.3) is 5.79 Å². The van der Waals surface area contributed by atoms with E-state index in [0.717, 1.165) is 92.1 Å². The van der Waals surface area contributed by atoms with E-state index in [4.69, 9.17) is 33.2 Å². The molecule has 10 rings (SSSR count). The van der Waals surface area contributed by atoms with Gasteiger partial charge in [-0.1, -0.05) is 54.6 Å². The van der Waals surface area contributed by atoms with Crippen molar-refractivity contribution in [3.05, 3.63) is 153 Å². The number of hydrogen-bond donors (Lipinski definition) is 0. The topological polar surface area (TPSA) is 64.6 Å². The number of benzene rings is 4. The van der Waals surface area contributed by atoms with Crippen LogP contribution in [0.15, 0.2) is 119 Å². The molecule has 0 N–H and O–H groups in total. The summed E-state index contributed by atoms with van der Waals surface area (Å²) in [5, 5.41) is 0. The minimum Gasteiger partial charge on any atom is -0.456 e. The van der Waals surface area contributed by atoms with Crippen molar-refractivity contribution in [3.8, 4) is 22.6 Å². The lowest BCUT2D eigenvalue weighted by Gasteiger charge is -2.44. The number of allylic oxidation sites excluding steroid dienone is 6. The quantitative estimate of drug-likeness (QED) is 0.209. The van der Waals surface area contributed by atoms with E-state index in [1.807, 2.05) is 71.9 Å². The molecule has 7 nitrogen and oxygen atoms in total. The molecule has 1 fully saturated rings. The summed E-state index contributed by atoms with van der Waals surface area (Å²) in [6.45, 7) is 11.8. The summed E-state index contributed by atoms with van der Waals surface area (Å²) in [5.41, 5.74) is 8.38. The summed E-state index contributed by atoms with van der Waals surface area (Å²) < 4.78 is 46.6. The Hall–Kier alpha value is -5.30. The van der Waals surface area contributed by atoms with Crippen molar-refractivity contribution in [1.82, 2.24) is 0 Å². The van der Waals surface area contributed by atoms with E-state index in [1.54, 1.807) is 0 Å². The van der Waals surface area contributed by atoms with Gasteiger partial charge >= 0.3 is 11.6 Å². The molecule has 3 spiro atoms. The van der Waals surface area contributed by atoms with Gasteiger partial charge in [0, 0.05) is 17.5 Å². The van der Waals surface area contributed by atoms with E-state index in [9.17, 15) is 0 Å². The Morgan fingerprint density at radius 3 is 1.71 bits per heavy atom. The molecule has 0 saturated heterocycles. The standard InChI is InChI=1S/C44H40O7/c1-24-25(2)47-42(46-24)23-32(30-15-18-34-33-11-7-8-12-36(33)43(38(34)21-30)48-26(3)27(4)49-43)16-19-35(42)31-17-20-41-39(22-31)44(50-28(5)29(6)51-44)37-13-9-10-14-40(37)45-41/h7-15,17-18,20-22,32,35H,16,19,23H2,1-6H3. The summed E-state index contributed by atoms with van der Waals surface area (Å²) in [7, 11) is 0. The van der Waals surface area contributed by atoms with Gasteiger partial charge in [0.05, 0.1) is 17.0 Å². The summed E-state index contributed by atoms with van der Waals surface area (Å²) in [4.78, 5) is 0. The van der Waals surface area contributed by atoms with Crippen LogP contribution in [0.4, 0.5) is 0 Å². The number of fused-ring (bicyclic) bond motifs is 9. The normalized spacial score (nSPS) is 23.8. The van der Waals surface area contributed by atoms with E-state index >= 15 is 0 Å². The van der Waals surface area contributed by atoms with Gasteiger partial charge in [-0.25, -0.2) is 0 Å². The first-order chi connectivity index (χ1) is 24.6. The lowest BCUT2D eigenvalue weighted by molar-refractivity contribution is -0.191. The van der Waals surface area contributed by atoms with Crippen LogP contribution in [-0.4, -0.2) is 5.79 Å². The maximum atomic E-state index is 6.84. The molecule has 51 heavy (non-hydrogen) atoms. The Kier molecular flexibility index (Phi) is 6.21. The fraction of sp³-hybridized carbons (Fsp3) is 0.318. The molecular formula is C44H40O7. The van der Waals surface area contributed by atoms with Crippen LogP contribution in [0.1, 0.15) is 106 Å². The molecule has 258 valence electrons. The zero-order chi connectivity index (χ0) is 34.9. The summed E-state index contributed by atoms with van der Waals surface area (Å²) in [5.74, 6) is 3.33. The molecule has 4 aromatic rings. The smallest absolute Gasteiger partial charge is 0.312 e. The van der Waals surface area contributed by atoms with Gasteiger partial charge in [-0.15, -0.1) is 0 Å². The highest BCUT2D eigenvalue weighted by Crippen LogP contribution is 2.59. The van der Waals surface area contributed by atoms with Gasteiger partial charge in [0.1, 0.15) is 46.1 Å². The van der Waals surface area contributed by atoms with Crippen LogP contribution >= 0.6 is 0 Å². The number of rotatable bonds is 2. The van der Waals surface area contributed by atoms with Crippen molar-refractivity contribution >= 4 is 0 Å². The van der Waals surface area contributed by atoms with Crippen molar-refractivity contribution in [3.63, 3.8) is 0 Å². The Labute approximate surface area is 298 Å². The Morgan fingerprint density at radius 1 is 0.471 bits per heavy atom. The summed E-state index contributed by atoms with van der Waals surface area (Å²) in [6.07, 6.45) is 2.47. The highest BCUT2D eigenvalue weighted by molar-refractivity contribution is 5.80. The zero-order valence-electron chi connectivity index (χ0n) is 29.7. The third kappa shape index (κ3) is 4.12. The number of ether oxygens (including phenoxy) is 7. The summed E-state index contributed by atoms with van der Waals surface area (Å²) >= 11 is 0.